The standard InChI is InChI=1S/C10H14IN/c1-2-12-6-5-8-3-4-9(11)7-10(8)12/h3-4,7-8,10H,2,5-6H2,1H3. The lowest BCUT2D eigenvalue weighted by Crippen LogP contribution is -2.31. The molecule has 1 nitrogen and oxygen atoms in total. The van der Waals surface area contributed by atoms with E-state index in [9.17, 15) is 0 Å². The Bertz CT molecular complexity index is 232. The third-order valence-electron chi connectivity index (χ3n) is 2.85. The summed E-state index contributed by atoms with van der Waals surface area (Å²) >= 11 is 2.41. The maximum Gasteiger partial charge on any atom is 0.0354 e. The van der Waals surface area contributed by atoms with Gasteiger partial charge in [-0.1, -0.05) is 25.2 Å². The van der Waals surface area contributed by atoms with Gasteiger partial charge in [-0.05, 0) is 48.0 Å². The van der Waals surface area contributed by atoms with Gasteiger partial charge < -0.3 is 0 Å². The number of rotatable bonds is 1. The fourth-order valence-corrected chi connectivity index (χ4v) is 2.72. The molecule has 2 unspecified atom stereocenters. The van der Waals surface area contributed by atoms with Crippen LogP contribution in [0.25, 0.3) is 0 Å². The Labute approximate surface area is 87.7 Å². The average molecular weight is 275 g/mol. The van der Waals surface area contributed by atoms with Crippen molar-refractivity contribution in [1.82, 2.24) is 4.90 Å². The van der Waals surface area contributed by atoms with Gasteiger partial charge >= 0.3 is 0 Å². The molecule has 0 saturated carbocycles. The molecular formula is C10H14IN. The van der Waals surface area contributed by atoms with Gasteiger partial charge in [0.15, 0.2) is 0 Å². The monoisotopic (exact) mass is 275 g/mol. The molecule has 66 valence electrons. The van der Waals surface area contributed by atoms with Crippen molar-refractivity contribution >= 4 is 22.6 Å². The van der Waals surface area contributed by atoms with E-state index in [2.05, 4.69) is 52.6 Å². The zero-order valence-electron chi connectivity index (χ0n) is 7.33. The van der Waals surface area contributed by atoms with Crippen molar-refractivity contribution in [3.63, 3.8) is 0 Å². The highest BCUT2D eigenvalue weighted by Gasteiger charge is 2.31. The summed E-state index contributed by atoms with van der Waals surface area (Å²) in [5.41, 5.74) is 0. The summed E-state index contributed by atoms with van der Waals surface area (Å²) in [5, 5.41) is 0. The van der Waals surface area contributed by atoms with E-state index in [4.69, 9.17) is 0 Å². The number of nitrogens with zero attached hydrogens (tertiary/aromatic N) is 1. The molecule has 2 atom stereocenters. The Hall–Kier alpha value is 0.170. The molecule has 2 aliphatic rings. The highest BCUT2D eigenvalue weighted by atomic mass is 127. The number of likely N-dealkylation sites (tertiary alicyclic amines) is 1. The molecule has 0 bridgehead atoms. The molecule has 2 rings (SSSR count). The van der Waals surface area contributed by atoms with Crippen molar-refractivity contribution in [2.24, 2.45) is 5.92 Å². The molecular weight excluding hydrogens is 261 g/mol. The number of fused-ring (bicyclic) bond motifs is 1. The second-order valence-corrected chi connectivity index (χ2v) is 4.73. The maximum atomic E-state index is 2.56. The van der Waals surface area contributed by atoms with Gasteiger partial charge in [0.1, 0.15) is 0 Å². The van der Waals surface area contributed by atoms with Gasteiger partial charge in [0, 0.05) is 9.62 Å². The number of likely N-dealkylation sites (N-methyl/N-ethyl adjacent to an activating group) is 1. The molecule has 1 saturated heterocycles. The van der Waals surface area contributed by atoms with E-state index >= 15 is 0 Å². The van der Waals surface area contributed by atoms with Crippen LogP contribution in [0.15, 0.2) is 21.8 Å². The Morgan fingerprint density at radius 2 is 2.50 bits per heavy atom. The van der Waals surface area contributed by atoms with Crippen LogP contribution in [0.1, 0.15) is 13.3 Å². The largest absolute Gasteiger partial charge is 0.297 e. The number of hydrogen-bond donors (Lipinski definition) is 0. The maximum absolute atomic E-state index is 2.56. The van der Waals surface area contributed by atoms with Gasteiger partial charge in [-0.25, -0.2) is 0 Å². The first-order valence-corrected chi connectivity index (χ1v) is 5.68. The fraction of sp³-hybridized carbons (Fsp3) is 0.600. The van der Waals surface area contributed by atoms with E-state index in [0.717, 1.165) is 5.92 Å². The summed E-state index contributed by atoms with van der Waals surface area (Å²) in [5.74, 6) is 0.795. The van der Waals surface area contributed by atoms with E-state index in [1.807, 2.05) is 0 Å². The zero-order valence-corrected chi connectivity index (χ0v) is 9.49. The normalized spacial score (nSPS) is 35.0. The summed E-state index contributed by atoms with van der Waals surface area (Å²) in [6.45, 7) is 4.72. The molecule has 1 heterocycles. The SMILES string of the molecule is CCN1CCC2C=CC(I)=CC21. The number of allylic oxidation sites excluding steroid dienone is 2. The van der Waals surface area contributed by atoms with Gasteiger partial charge in [-0.3, -0.25) is 4.90 Å². The quantitative estimate of drug-likeness (QED) is 0.665. The van der Waals surface area contributed by atoms with Crippen molar-refractivity contribution in [2.75, 3.05) is 13.1 Å². The molecule has 1 aliphatic heterocycles. The van der Waals surface area contributed by atoms with Crippen LogP contribution < -0.4 is 0 Å². The summed E-state index contributed by atoms with van der Waals surface area (Å²) in [6.07, 6.45) is 8.38. The molecule has 1 aliphatic carbocycles. The van der Waals surface area contributed by atoms with Crippen molar-refractivity contribution in [3.8, 4) is 0 Å². The highest BCUT2D eigenvalue weighted by molar-refractivity contribution is 14.1. The third kappa shape index (κ3) is 1.46. The summed E-state index contributed by atoms with van der Waals surface area (Å²) < 4.78 is 1.40. The van der Waals surface area contributed by atoms with Gasteiger partial charge in [-0.2, -0.15) is 0 Å². The van der Waals surface area contributed by atoms with E-state index < -0.39 is 0 Å². The predicted octanol–water partition coefficient (Wildman–Crippen LogP) is 2.59. The Kier molecular flexibility index (Phi) is 2.55. The lowest BCUT2D eigenvalue weighted by atomic mass is 9.96. The fourth-order valence-electron chi connectivity index (χ4n) is 2.15. The first-order valence-electron chi connectivity index (χ1n) is 4.61. The van der Waals surface area contributed by atoms with Crippen molar-refractivity contribution in [2.45, 2.75) is 19.4 Å². The molecule has 0 aromatic heterocycles. The highest BCUT2D eigenvalue weighted by Crippen LogP contribution is 2.32. The molecule has 2 heteroatoms. The van der Waals surface area contributed by atoms with Gasteiger partial charge in [0.2, 0.25) is 0 Å². The average Bonchev–Trinajstić information content (AvgIpc) is 2.46. The molecule has 0 spiro atoms. The minimum Gasteiger partial charge on any atom is -0.297 e. The summed E-state index contributed by atoms with van der Waals surface area (Å²) in [6, 6.07) is 0.701. The number of halogens is 1. The van der Waals surface area contributed by atoms with E-state index in [-0.39, 0.29) is 0 Å². The lowest BCUT2D eigenvalue weighted by molar-refractivity contribution is 0.291. The van der Waals surface area contributed by atoms with E-state index in [1.54, 1.807) is 0 Å². The topological polar surface area (TPSA) is 3.24 Å². The predicted molar refractivity (Wildman–Crippen MR) is 60.4 cm³/mol. The third-order valence-corrected chi connectivity index (χ3v) is 3.57. The minimum absolute atomic E-state index is 0.701. The number of hydrogen-bond acceptors (Lipinski definition) is 1. The van der Waals surface area contributed by atoms with Crippen LogP contribution in [0, 0.1) is 5.92 Å². The second kappa shape index (κ2) is 3.50. The van der Waals surface area contributed by atoms with Crippen LogP contribution in [-0.4, -0.2) is 24.0 Å². The zero-order chi connectivity index (χ0) is 8.55. The van der Waals surface area contributed by atoms with Gasteiger partial charge in [-0.15, -0.1) is 0 Å². The first-order chi connectivity index (χ1) is 5.81. The molecule has 0 aromatic carbocycles. The van der Waals surface area contributed by atoms with Crippen LogP contribution >= 0.6 is 22.6 Å². The smallest absolute Gasteiger partial charge is 0.0354 e. The van der Waals surface area contributed by atoms with Crippen molar-refractivity contribution in [3.05, 3.63) is 21.8 Å². The van der Waals surface area contributed by atoms with Gasteiger partial charge in [0.05, 0.1) is 0 Å². The van der Waals surface area contributed by atoms with Crippen LogP contribution in [0.5, 0.6) is 0 Å². The molecule has 0 aromatic rings. The van der Waals surface area contributed by atoms with Gasteiger partial charge in [0.25, 0.3) is 0 Å². The van der Waals surface area contributed by atoms with Crippen LogP contribution in [0.4, 0.5) is 0 Å². The van der Waals surface area contributed by atoms with Crippen LogP contribution in [0.3, 0.4) is 0 Å². The lowest BCUT2D eigenvalue weighted by Gasteiger charge is -2.25. The van der Waals surface area contributed by atoms with Crippen molar-refractivity contribution < 1.29 is 0 Å². The molecule has 1 fully saturated rings. The molecule has 0 radical (unpaired) electrons. The Morgan fingerprint density at radius 1 is 1.67 bits per heavy atom. The molecule has 12 heavy (non-hydrogen) atoms. The van der Waals surface area contributed by atoms with Crippen LogP contribution in [0.2, 0.25) is 0 Å². The molecule has 0 N–H and O–H groups in total. The Morgan fingerprint density at radius 3 is 3.25 bits per heavy atom. The van der Waals surface area contributed by atoms with Crippen molar-refractivity contribution in [1.29, 1.82) is 0 Å². The van der Waals surface area contributed by atoms with Crippen LogP contribution in [-0.2, 0) is 0 Å². The second-order valence-electron chi connectivity index (χ2n) is 3.48. The summed E-state index contributed by atoms with van der Waals surface area (Å²) in [4.78, 5) is 2.56. The van der Waals surface area contributed by atoms with E-state index in [1.165, 1.54) is 23.1 Å². The van der Waals surface area contributed by atoms with E-state index in [0.29, 0.717) is 6.04 Å². The first kappa shape index (κ1) is 8.75. The minimum atomic E-state index is 0.701. The summed E-state index contributed by atoms with van der Waals surface area (Å²) in [7, 11) is 0. The molecule has 0 amide bonds. The Balaban J connectivity index is 2.17.